The summed E-state index contributed by atoms with van der Waals surface area (Å²) in [6, 6.07) is 22.7. The Labute approximate surface area is 159 Å². The normalized spacial score (nSPS) is 11.1. The van der Waals surface area contributed by atoms with E-state index in [4.69, 9.17) is 0 Å². The van der Waals surface area contributed by atoms with E-state index in [1.54, 1.807) is 6.07 Å². The minimum Gasteiger partial charge on any atom is -0.285 e. The molecule has 0 saturated heterocycles. The number of aryl methyl sites for hydroxylation is 1. The second kappa shape index (κ2) is 7.72. The van der Waals surface area contributed by atoms with E-state index in [0.717, 1.165) is 33.4 Å². The van der Waals surface area contributed by atoms with Crippen LogP contribution in [0.25, 0.3) is 16.7 Å². The van der Waals surface area contributed by atoms with Crippen molar-refractivity contribution >= 4 is 21.0 Å². The molecule has 0 heterocycles. The van der Waals surface area contributed by atoms with Gasteiger partial charge in [0.05, 0.1) is 4.90 Å². The maximum Gasteiger partial charge on any atom is 0.238 e. The lowest BCUT2D eigenvalue weighted by molar-refractivity contribution is 0.556. The van der Waals surface area contributed by atoms with Gasteiger partial charge < -0.3 is 0 Å². The second-order valence-electron chi connectivity index (χ2n) is 6.43. The van der Waals surface area contributed by atoms with Crippen molar-refractivity contribution in [1.82, 2.24) is 0 Å². The van der Waals surface area contributed by atoms with Crippen LogP contribution in [-0.2, 0) is 21.1 Å². The van der Waals surface area contributed by atoms with Crippen LogP contribution >= 0.6 is 0 Å². The third kappa shape index (κ3) is 4.07. The van der Waals surface area contributed by atoms with Crippen LogP contribution in [0.5, 0.6) is 0 Å². The Bertz CT molecular complexity index is 1100. The van der Waals surface area contributed by atoms with Crippen molar-refractivity contribution in [3.05, 3.63) is 96.1 Å². The lowest BCUT2D eigenvalue weighted by Gasteiger charge is -2.16. The van der Waals surface area contributed by atoms with E-state index in [-0.39, 0.29) is 10.5 Å². The fourth-order valence-corrected chi connectivity index (χ4v) is 3.91. The summed E-state index contributed by atoms with van der Waals surface area (Å²) in [6.07, 6.45) is 0.493. The summed E-state index contributed by atoms with van der Waals surface area (Å²) >= 11 is 0. The summed E-state index contributed by atoms with van der Waals surface area (Å²) < 4.78 is 23.6. The molecule has 3 rings (SSSR count). The van der Waals surface area contributed by atoms with Crippen LogP contribution in [0.4, 0.5) is 0 Å². The highest BCUT2D eigenvalue weighted by Gasteiger charge is 2.15. The molecule has 0 aliphatic heterocycles. The second-order valence-corrected chi connectivity index (χ2v) is 8.19. The number of hydrogen-bond donors (Lipinski definition) is 0. The van der Waals surface area contributed by atoms with Crippen molar-refractivity contribution in [2.24, 2.45) is 0 Å². The van der Waals surface area contributed by atoms with E-state index in [2.05, 4.69) is 24.8 Å². The fourth-order valence-electron chi connectivity index (χ4n) is 3.22. The first-order chi connectivity index (χ1) is 12.9. The molecule has 0 radical (unpaired) electrons. The molecule has 0 atom stereocenters. The molecule has 0 unspecified atom stereocenters. The highest BCUT2D eigenvalue weighted by molar-refractivity contribution is 8.04. The van der Waals surface area contributed by atoms with Crippen LogP contribution in [0, 0.1) is 6.92 Å². The van der Waals surface area contributed by atoms with E-state index < -0.39 is 9.84 Å². The molecule has 0 amide bonds. The molecule has 4 heteroatoms. The van der Waals surface area contributed by atoms with Gasteiger partial charge in [0, 0.05) is 0 Å². The van der Waals surface area contributed by atoms with Gasteiger partial charge >= 0.3 is 0 Å². The zero-order valence-electron chi connectivity index (χ0n) is 15.1. The van der Waals surface area contributed by atoms with E-state index in [1.165, 1.54) is 12.1 Å². The highest BCUT2D eigenvalue weighted by atomic mass is 32.2. The van der Waals surface area contributed by atoms with Crippen molar-refractivity contribution < 1.29 is 13.2 Å². The van der Waals surface area contributed by atoms with Crippen molar-refractivity contribution in [3.63, 3.8) is 0 Å². The quantitative estimate of drug-likeness (QED) is 0.576. The standard InChI is InChI=1S/C23H20O3S/c1-17-8-6-13-22(20-10-4-3-5-11-20)23(17)18(2)14-19-9-7-12-21(15-19)27(25,26)16-24/h3-13,15-16H,2,14H2,1H3. The van der Waals surface area contributed by atoms with Crippen molar-refractivity contribution in [3.8, 4) is 11.1 Å². The van der Waals surface area contributed by atoms with Gasteiger partial charge in [0.25, 0.3) is 0 Å². The number of carbonyl (C=O) groups excluding carboxylic acids is 1. The van der Waals surface area contributed by atoms with Crippen LogP contribution in [0.15, 0.2) is 84.3 Å². The Kier molecular flexibility index (Phi) is 5.38. The average molecular weight is 376 g/mol. The zero-order valence-corrected chi connectivity index (χ0v) is 15.9. The van der Waals surface area contributed by atoms with Gasteiger partial charge in [-0.15, -0.1) is 0 Å². The van der Waals surface area contributed by atoms with Crippen LogP contribution < -0.4 is 0 Å². The van der Waals surface area contributed by atoms with E-state index in [9.17, 15) is 13.2 Å². The van der Waals surface area contributed by atoms with E-state index in [1.807, 2.05) is 43.3 Å². The fraction of sp³-hybridized carbons (Fsp3) is 0.0870. The van der Waals surface area contributed by atoms with E-state index in [0.29, 0.717) is 6.42 Å². The van der Waals surface area contributed by atoms with Crippen LogP contribution in [0.3, 0.4) is 0 Å². The lowest BCUT2D eigenvalue weighted by atomic mass is 9.89. The Hall–Kier alpha value is -2.98. The molecule has 0 saturated carbocycles. The van der Waals surface area contributed by atoms with Crippen molar-refractivity contribution in [2.45, 2.75) is 18.2 Å². The van der Waals surface area contributed by atoms with Gasteiger partial charge in [-0.3, -0.25) is 4.79 Å². The molecule has 3 nitrogen and oxygen atoms in total. The molecule has 0 N–H and O–H groups in total. The van der Waals surface area contributed by atoms with Gasteiger partial charge in [-0.05, 0) is 58.9 Å². The van der Waals surface area contributed by atoms with Gasteiger partial charge in [-0.25, -0.2) is 8.42 Å². The van der Waals surface area contributed by atoms with Crippen LogP contribution in [-0.4, -0.2) is 14.0 Å². The maximum absolute atomic E-state index is 11.8. The zero-order chi connectivity index (χ0) is 19.4. The van der Waals surface area contributed by atoms with Gasteiger partial charge in [0.1, 0.15) is 0 Å². The smallest absolute Gasteiger partial charge is 0.238 e. The number of rotatable bonds is 6. The van der Waals surface area contributed by atoms with Gasteiger partial charge in [-0.2, -0.15) is 0 Å². The summed E-state index contributed by atoms with van der Waals surface area (Å²) in [6.45, 7) is 6.30. The SMILES string of the molecule is C=C(Cc1cccc(S(=O)(=O)C=O)c1)c1c(C)cccc1-c1ccccc1. The molecule has 3 aromatic rings. The summed E-state index contributed by atoms with van der Waals surface area (Å²) in [5, 5.41) is 0. The first kappa shape index (κ1) is 18.8. The number of benzene rings is 3. The number of carbonyl (C=O) groups is 1. The molecule has 27 heavy (non-hydrogen) atoms. The third-order valence-corrected chi connectivity index (χ3v) is 5.65. The maximum atomic E-state index is 11.8. The van der Waals surface area contributed by atoms with Crippen LogP contribution in [0.2, 0.25) is 0 Å². The first-order valence-corrected chi connectivity index (χ1v) is 10.1. The number of sulfone groups is 1. The summed E-state index contributed by atoms with van der Waals surface area (Å²) in [5.41, 5.74) is 6.05. The highest BCUT2D eigenvalue weighted by Crippen LogP contribution is 2.32. The van der Waals surface area contributed by atoms with Crippen LogP contribution in [0.1, 0.15) is 16.7 Å². The predicted octanol–water partition coefficient (Wildman–Crippen LogP) is 4.88. The Morgan fingerprint density at radius 2 is 1.67 bits per heavy atom. The van der Waals surface area contributed by atoms with E-state index >= 15 is 0 Å². The topological polar surface area (TPSA) is 51.2 Å². The van der Waals surface area contributed by atoms with Gasteiger partial charge in [0.15, 0.2) is 0 Å². The Morgan fingerprint density at radius 3 is 2.37 bits per heavy atom. The molecular formula is C23H20O3S. The Balaban J connectivity index is 1.99. The monoisotopic (exact) mass is 376 g/mol. The third-order valence-electron chi connectivity index (χ3n) is 4.48. The molecule has 0 aliphatic rings. The molecule has 0 bridgehead atoms. The summed E-state index contributed by atoms with van der Waals surface area (Å²) in [7, 11) is -3.89. The van der Waals surface area contributed by atoms with Crippen molar-refractivity contribution in [2.75, 3.05) is 0 Å². The Morgan fingerprint density at radius 1 is 0.963 bits per heavy atom. The molecular weight excluding hydrogens is 356 g/mol. The van der Waals surface area contributed by atoms with Gasteiger partial charge in [-0.1, -0.05) is 67.2 Å². The first-order valence-electron chi connectivity index (χ1n) is 8.55. The molecule has 0 aliphatic carbocycles. The predicted molar refractivity (Wildman–Crippen MR) is 110 cm³/mol. The van der Waals surface area contributed by atoms with Crippen molar-refractivity contribution in [1.29, 1.82) is 0 Å². The molecule has 0 aromatic heterocycles. The molecule has 136 valence electrons. The minimum atomic E-state index is -3.89. The summed E-state index contributed by atoms with van der Waals surface area (Å²) in [4.78, 5) is 10.8. The number of hydrogen-bond acceptors (Lipinski definition) is 3. The summed E-state index contributed by atoms with van der Waals surface area (Å²) in [5.74, 6) is 0. The molecule has 0 fully saturated rings. The number of allylic oxidation sites excluding steroid dienone is 1. The lowest BCUT2D eigenvalue weighted by Crippen LogP contribution is -2.02. The molecule has 0 spiro atoms. The van der Waals surface area contributed by atoms with Gasteiger partial charge in [0.2, 0.25) is 15.5 Å². The largest absolute Gasteiger partial charge is 0.285 e. The average Bonchev–Trinajstić information content (AvgIpc) is 2.68. The minimum absolute atomic E-state index is 0.0101. The molecule has 3 aromatic carbocycles.